The SMILES string of the molecule is CNCc1ccc(Cl)cc1-c1ccn(C)n1. The minimum absolute atomic E-state index is 0.737. The Morgan fingerprint density at radius 1 is 1.38 bits per heavy atom. The average Bonchev–Trinajstić information content (AvgIpc) is 2.68. The smallest absolute Gasteiger partial charge is 0.0926 e. The number of hydrogen-bond acceptors (Lipinski definition) is 2. The Morgan fingerprint density at radius 2 is 2.19 bits per heavy atom. The van der Waals surface area contributed by atoms with Crippen LogP contribution in [0.3, 0.4) is 0 Å². The topological polar surface area (TPSA) is 29.9 Å². The van der Waals surface area contributed by atoms with E-state index in [9.17, 15) is 0 Å². The van der Waals surface area contributed by atoms with E-state index in [4.69, 9.17) is 11.6 Å². The Kier molecular flexibility index (Phi) is 3.27. The van der Waals surface area contributed by atoms with Crippen molar-refractivity contribution in [2.24, 2.45) is 7.05 Å². The van der Waals surface area contributed by atoms with Crippen LogP contribution in [0, 0.1) is 0 Å². The lowest BCUT2D eigenvalue weighted by molar-refractivity contribution is 0.769. The van der Waals surface area contributed by atoms with E-state index in [1.54, 1.807) is 4.68 Å². The number of benzene rings is 1. The second-order valence-electron chi connectivity index (χ2n) is 3.71. The number of nitrogens with zero attached hydrogens (tertiary/aromatic N) is 2. The van der Waals surface area contributed by atoms with Gasteiger partial charge in [0, 0.05) is 30.4 Å². The van der Waals surface area contributed by atoms with Crippen molar-refractivity contribution in [1.29, 1.82) is 0 Å². The molecule has 0 fully saturated rings. The van der Waals surface area contributed by atoms with Crippen LogP contribution in [-0.2, 0) is 13.6 Å². The van der Waals surface area contributed by atoms with Gasteiger partial charge in [-0.05, 0) is 30.8 Å². The molecular formula is C12H14ClN3. The molecule has 0 spiro atoms. The quantitative estimate of drug-likeness (QED) is 0.886. The van der Waals surface area contributed by atoms with Crippen molar-refractivity contribution in [3.05, 3.63) is 41.0 Å². The van der Waals surface area contributed by atoms with Gasteiger partial charge >= 0.3 is 0 Å². The Balaban J connectivity index is 2.48. The van der Waals surface area contributed by atoms with Crippen LogP contribution < -0.4 is 5.32 Å². The molecule has 0 saturated heterocycles. The molecule has 0 radical (unpaired) electrons. The first-order valence-corrected chi connectivity index (χ1v) is 5.51. The van der Waals surface area contributed by atoms with Crippen LogP contribution in [-0.4, -0.2) is 16.8 Å². The third-order valence-corrected chi connectivity index (χ3v) is 2.66. The summed E-state index contributed by atoms with van der Waals surface area (Å²) in [6, 6.07) is 7.88. The first kappa shape index (κ1) is 11.2. The summed E-state index contributed by atoms with van der Waals surface area (Å²) in [7, 11) is 3.84. The van der Waals surface area contributed by atoms with Crippen LogP contribution in [0.4, 0.5) is 0 Å². The summed E-state index contributed by atoms with van der Waals surface area (Å²) in [6.07, 6.45) is 1.93. The maximum absolute atomic E-state index is 6.02. The van der Waals surface area contributed by atoms with E-state index < -0.39 is 0 Å². The molecule has 2 aromatic rings. The molecule has 0 amide bonds. The molecule has 0 unspecified atom stereocenters. The number of aromatic nitrogens is 2. The molecule has 4 heteroatoms. The Hall–Kier alpha value is -1.32. The Morgan fingerprint density at radius 3 is 2.81 bits per heavy atom. The molecule has 3 nitrogen and oxygen atoms in total. The van der Waals surface area contributed by atoms with Gasteiger partial charge in [0.05, 0.1) is 5.69 Å². The summed E-state index contributed by atoms with van der Waals surface area (Å²) in [5, 5.41) is 8.27. The van der Waals surface area contributed by atoms with Crippen molar-refractivity contribution in [2.75, 3.05) is 7.05 Å². The first-order valence-electron chi connectivity index (χ1n) is 5.14. The predicted octanol–water partition coefficient (Wildman–Crippen LogP) is 2.46. The van der Waals surface area contributed by atoms with E-state index in [1.807, 2.05) is 44.6 Å². The fourth-order valence-electron chi connectivity index (χ4n) is 1.69. The zero-order chi connectivity index (χ0) is 11.5. The normalized spacial score (nSPS) is 10.7. The minimum atomic E-state index is 0.737. The van der Waals surface area contributed by atoms with Crippen LogP contribution in [0.25, 0.3) is 11.3 Å². The highest BCUT2D eigenvalue weighted by atomic mass is 35.5. The van der Waals surface area contributed by atoms with Gasteiger partial charge in [-0.3, -0.25) is 4.68 Å². The summed E-state index contributed by atoms with van der Waals surface area (Å²) in [5.41, 5.74) is 3.24. The largest absolute Gasteiger partial charge is 0.316 e. The number of halogens is 1. The van der Waals surface area contributed by atoms with Crippen molar-refractivity contribution in [1.82, 2.24) is 15.1 Å². The van der Waals surface area contributed by atoms with Gasteiger partial charge in [-0.2, -0.15) is 5.10 Å². The van der Waals surface area contributed by atoms with E-state index in [0.29, 0.717) is 0 Å². The monoisotopic (exact) mass is 235 g/mol. The third kappa shape index (κ3) is 2.26. The van der Waals surface area contributed by atoms with E-state index in [-0.39, 0.29) is 0 Å². The van der Waals surface area contributed by atoms with E-state index >= 15 is 0 Å². The molecule has 0 aliphatic rings. The fraction of sp³-hybridized carbons (Fsp3) is 0.250. The molecule has 1 heterocycles. The molecule has 16 heavy (non-hydrogen) atoms. The van der Waals surface area contributed by atoms with Crippen LogP contribution in [0.2, 0.25) is 5.02 Å². The van der Waals surface area contributed by atoms with Gasteiger partial charge in [-0.1, -0.05) is 17.7 Å². The molecule has 0 saturated carbocycles. The number of aryl methyl sites for hydroxylation is 1. The van der Waals surface area contributed by atoms with Crippen LogP contribution in [0.15, 0.2) is 30.5 Å². The molecule has 0 bridgehead atoms. The lowest BCUT2D eigenvalue weighted by atomic mass is 10.0. The molecule has 1 aromatic carbocycles. The molecule has 1 aromatic heterocycles. The number of rotatable bonds is 3. The maximum Gasteiger partial charge on any atom is 0.0926 e. The van der Waals surface area contributed by atoms with Crippen LogP contribution in [0.5, 0.6) is 0 Å². The van der Waals surface area contributed by atoms with Gasteiger partial charge < -0.3 is 5.32 Å². The number of hydrogen-bond donors (Lipinski definition) is 1. The van der Waals surface area contributed by atoms with E-state index in [2.05, 4.69) is 10.4 Å². The van der Waals surface area contributed by atoms with E-state index in [1.165, 1.54) is 5.56 Å². The average molecular weight is 236 g/mol. The standard InChI is InChI=1S/C12H14ClN3/c1-14-8-9-3-4-10(13)7-11(9)12-5-6-16(2)15-12/h3-7,14H,8H2,1-2H3. The van der Waals surface area contributed by atoms with Crippen molar-refractivity contribution in [2.45, 2.75) is 6.54 Å². The van der Waals surface area contributed by atoms with Gasteiger partial charge in [-0.25, -0.2) is 0 Å². The molecule has 0 aliphatic carbocycles. The minimum Gasteiger partial charge on any atom is -0.316 e. The first-order chi connectivity index (χ1) is 7.70. The third-order valence-electron chi connectivity index (χ3n) is 2.43. The molecule has 0 atom stereocenters. The van der Waals surface area contributed by atoms with Gasteiger partial charge in [0.15, 0.2) is 0 Å². The van der Waals surface area contributed by atoms with Crippen molar-refractivity contribution >= 4 is 11.6 Å². The van der Waals surface area contributed by atoms with Gasteiger partial charge in [-0.15, -0.1) is 0 Å². The van der Waals surface area contributed by atoms with Gasteiger partial charge in [0.2, 0.25) is 0 Å². The van der Waals surface area contributed by atoms with E-state index in [0.717, 1.165) is 22.8 Å². The van der Waals surface area contributed by atoms with Crippen molar-refractivity contribution < 1.29 is 0 Å². The summed E-state index contributed by atoms with van der Waals surface area (Å²) >= 11 is 6.02. The second kappa shape index (κ2) is 4.68. The molecule has 1 N–H and O–H groups in total. The maximum atomic E-state index is 6.02. The highest BCUT2D eigenvalue weighted by Gasteiger charge is 2.07. The Bertz CT molecular complexity index is 491. The lowest BCUT2D eigenvalue weighted by Gasteiger charge is -2.07. The summed E-state index contributed by atoms with van der Waals surface area (Å²) in [6.45, 7) is 0.809. The lowest BCUT2D eigenvalue weighted by Crippen LogP contribution is -2.06. The highest BCUT2D eigenvalue weighted by molar-refractivity contribution is 6.30. The fourth-order valence-corrected chi connectivity index (χ4v) is 1.86. The van der Waals surface area contributed by atoms with Gasteiger partial charge in [0.25, 0.3) is 0 Å². The summed E-state index contributed by atoms with van der Waals surface area (Å²) in [5.74, 6) is 0. The molecule has 0 aliphatic heterocycles. The molecular weight excluding hydrogens is 222 g/mol. The van der Waals surface area contributed by atoms with Gasteiger partial charge in [0.1, 0.15) is 0 Å². The summed E-state index contributed by atoms with van der Waals surface area (Å²) in [4.78, 5) is 0. The van der Waals surface area contributed by atoms with Crippen molar-refractivity contribution in [3.63, 3.8) is 0 Å². The van der Waals surface area contributed by atoms with Crippen molar-refractivity contribution in [3.8, 4) is 11.3 Å². The zero-order valence-corrected chi connectivity index (χ0v) is 10.1. The zero-order valence-electron chi connectivity index (χ0n) is 9.37. The number of nitrogens with one attached hydrogen (secondary N) is 1. The highest BCUT2D eigenvalue weighted by Crippen LogP contribution is 2.25. The molecule has 2 rings (SSSR count). The van der Waals surface area contributed by atoms with Crippen LogP contribution >= 0.6 is 11.6 Å². The molecule has 84 valence electrons. The predicted molar refractivity (Wildman–Crippen MR) is 66.4 cm³/mol. The Labute approximate surface area is 100 Å². The summed E-state index contributed by atoms with van der Waals surface area (Å²) < 4.78 is 1.79. The second-order valence-corrected chi connectivity index (χ2v) is 4.14. The van der Waals surface area contributed by atoms with Crippen LogP contribution in [0.1, 0.15) is 5.56 Å².